The second-order valence-electron chi connectivity index (χ2n) is 9.14. The van der Waals surface area contributed by atoms with Crippen molar-refractivity contribution in [2.75, 3.05) is 34.8 Å². The molecule has 0 bridgehead atoms. The fourth-order valence-electron chi connectivity index (χ4n) is 4.56. The van der Waals surface area contributed by atoms with E-state index in [4.69, 9.17) is 22.2 Å². The Morgan fingerprint density at radius 2 is 1.66 bits per heavy atom. The van der Waals surface area contributed by atoms with Crippen molar-refractivity contribution in [1.29, 1.82) is 0 Å². The van der Waals surface area contributed by atoms with E-state index in [-0.39, 0.29) is 0 Å². The molecule has 7 heteroatoms. The summed E-state index contributed by atoms with van der Waals surface area (Å²) in [4.78, 5) is 14.6. The summed E-state index contributed by atoms with van der Waals surface area (Å²) in [6, 6.07) is 11.2. The number of aromatic nitrogens is 2. The van der Waals surface area contributed by atoms with Crippen LogP contribution in [-0.2, 0) is 6.54 Å². The molecule has 0 aliphatic carbocycles. The van der Waals surface area contributed by atoms with Crippen molar-refractivity contribution in [3.8, 4) is 0 Å². The quantitative estimate of drug-likeness (QED) is 0.617. The molecule has 2 fully saturated rings. The molecule has 1 aromatic heterocycles. The number of rotatable bonds is 5. The molecule has 172 valence electrons. The third-order valence-corrected chi connectivity index (χ3v) is 6.77. The summed E-state index contributed by atoms with van der Waals surface area (Å²) < 4.78 is 0. The number of hydrogen-bond acceptors (Lipinski definition) is 5. The van der Waals surface area contributed by atoms with Gasteiger partial charge < -0.3 is 20.4 Å². The van der Waals surface area contributed by atoms with Gasteiger partial charge in [0.25, 0.3) is 0 Å². The van der Waals surface area contributed by atoms with Crippen molar-refractivity contribution in [3.63, 3.8) is 0 Å². The van der Waals surface area contributed by atoms with Gasteiger partial charge in [0.2, 0.25) is 5.95 Å². The number of piperidine rings is 1. The van der Waals surface area contributed by atoms with Gasteiger partial charge >= 0.3 is 0 Å². The van der Waals surface area contributed by atoms with Crippen LogP contribution in [0.3, 0.4) is 0 Å². The molecule has 1 aromatic carbocycles. The minimum atomic E-state index is 0.495. The first-order valence-corrected chi connectivity index (χ1v) is 12.5. The lowest BCUT2D eigenvalue weighted by Gasteiger charge is -2.35. The van der Waals surface area contributed by atoms with Crippen LogP contribution in [0.1, 0.15) is 63.0 Å². The molecule has 0 amide bonds. The molecule has 2 N–H and O–H groups in total. The fraction of sp³-hybridized carbons (Fsp3) is 0.560. The van der Waals surface area contributed by atoms with E-state index in [2.05, 4.69) is 64.6 Å². The molecule has 4 rings (SSSR count). The van der Waals surface area contributed by atoms with E-state index in [0.717, 1.165) is 31.3 Å². The molecule has 1 atom stereocenters. The maximum Gasteiger partial charge on any atom is 0.232 e. The molecule has 2 aromatic rings. The number of thiocarbonyl (C=S) groups is 1. The van der Waals surface area contributed by atoms with Gasteiger partial charge in [-0.3, -0.25) is 0 Å². The van der Waals surface area contributed by atoms with Gasteiger partial charge in [0, 0.05) is 38.3 Å². The minimum absolute atomic E-state index is 0.495. The zero-order valence-electron chi connectivity index (χ0n) is 19.4. The Labute approximate surface area is 197 Å². The van der Waals surface area contributed by atoms with Crippen LogP contribution in [0.5, 0.6) is 0 Å². The number of nitrogens with zero attached hydrogens (tertiary/aromatic N) is 4. The van der Waals surface area contributed by atoms with E-state index in [9.17, 15) is 0 Å². The maximum absolute atomic E-state index is 5.58. The lowest BCUT2D eigenvalue weighted by molar-refractivity contribution is 0.481. The van der Waals surface area contributed by atoms with Crippen LogP contribution in [0.15, 0.2) is 30.3 Å². The lowest BCUT2D eigenvalue weighted by atomic mass is 10.0. The van der Waals surface area contributed by atoms with Crippen LogP contribution in [0, 0.1) is 6.92 Å². The second-order valence-corrected chi connectivity index (χ2v) is 9.55. The van der Waals surface area contributed by atoms with Gasteiger partial charge in [0.05, 0.1) is 0 Å². The molecule has 2 aliphatic heterocycles. The smallest absolute Gasteiger partial charge is 0.232 e. The van der Waals surface area contributed by atoms with E-state index in [1.54, 1.807) is 0 Å². The molecule has 0 unspecified atom stereocenters. The van der Waals surface area contributed by atoms with Crippen molar-refractivity contribution in [3.05, 3.63) is 41.5 Å². The van der Waals surface area contributed by atoms with Gasteiger partial charge in [0.15, 0.2) is 5.11 Å². The Morgan fingerprint density at radius 1 is 0.969 bits per heavy atom. The molecule has 0 radical (unpaired) electrons. The predicted octanol–water partition coefficient (Wildman–Crippen LogP) is 5.03. The molecular weight excluding hydrogens is 416 g/mol. The molecule has 32 heavy (non-hydrogen) atoms. The largest absolute Gasteiger partial charge is 0.358 e. The first-order valence-electron chi connectivity index (χ1n) is 12.1. The van der Waals surface area contributed by atoms with Crippen molar-refractivity contribution in [2.24, 2.45) is 0 Å². The van der Waals surface area contributed by atoms with Crippen LogP contribution in [0.2, 0.25) is 0 Å². The summed E-state index contributed by atoms with van der Waals surface area (Å²) in [5, 5.41) is 7.11. The Kier molecular flexibility index (Phi) is 7.79. The van der Waals surface area contributed by atoms with Crippen LogP contribution in [-0.4, -0.2) is 40.8 Å². The Balaban J connectivity index is 1.51. The SMILES string of the molecule is Cc1ccc(CNC(=S)Nc2nc(N3CCCCCC3)cc(N3CCCC[C@H]3C)n2)cc1. The average Bonchev–Trinajstić information content (AvgIpc) is 3.08. The Bertz CT molecular complexity index is 892. The number of aryl methyl sites for hydroxylation is 1. The van der Waals surface area contributed by atoms with E-state index in [1.807, 2.05) is 0 Å². The van der Waals surface area contributed by atoms with Gasteiger partial charge in [-0.15, -0.1) is 0 Å². The summed E-state index contributed by atoms with van der Waals surface area (Å²) in [6.45, 7) is 8.23. The van der Waals surface area contributed by atoms with E-state index < -0.39 is 0 Å². The van der Waals surface area contributed by atoms with Crippen LogP contribution >= 0.6 is 12.2 Å². The monoisotopic (exact) mass is 452 g/mol. The van der Waals surface area contributed by atoms with Gasteiger partial charge in [0.1, 0.15) is 11.6 Å². The number of benzene rings is 1. The highest BCUT2D eigenvalue weighted by Crippen LogP contribution is 2.28. The molecular formula is C25H36N6S. The summed E-state index contributed by atoms with van der Waals surface area (Å²) in [7, 11) is 0. The molecule has 0 saturated carbocycles. The summed E-state index contributed by atoms with van der Waals surface area (Å²) in [5.74, 6) is 2.61. The van der Waals surface area contributed by atoms with E-state index in [1.165, 1.54) is 56.1 Å². The van der Waals surface area contributed by atoms with Crippen molar-refractivity contribution in [2.45, 2.75) is 71.4 Å². The molecule has 2 aliphatic rings. The van der Waals surface area contributed by atoms with Crippen molar-refractivity contribution in [1.82, 2.24) is 15.3 Å². The molecule has 0 spiro atoms. The van der Waals surface area contributed by atoms with Crippen molar-refractivity contribution < 1.29 is 0 Å². The van der Waals surface area contributed by atoms with E-state index in [0.29, 0.717) is 23.6 Å². The van der Waals surface area contributed by atoms with Gasteiger partial charge in [-0.2, -0.15) is 9.97 Å². The highest BCUT2D eigenvalue weighted by Gasteiger charge is 2.22. The van der Waals surface area contributed by atoms with E-state index >= 15 is 0 Å². The third kappa shape index (κ3) is 6.09. The highest BCUT2D eigenvalue weighted by atomic mass is 32.1. The Morgan fingerprint density at radius 3 is 2.38 bits per heavy atom. The zero-order valence-corrected chi connectivity index (χ0v) is 20.3. The summed E-state index contributed by atoms with van der Waals surface area (Å²) >= 11 is 5.58. The Hall–Kier alpha value is -2.41. The first kappa shape index (κ1) is 22.8. The zero-order chi connectivity index (χ0) is 22.3. The van der Waals surface area contributed by atoms with Gasteiger partial charge in [-0.05, 0) is 63.7 Å². The normalized spacial score (nSPS) is 19.4. The highest BCUT2D eigenvalue weighted by molar-refractivity contribution is 7.80. The fourth-order valence-corrected chi connectivity index (χ4v) is 4.72. The number of anilines is 3. The number of nitrogens with one attached hydrogen (secondary N) is 2. The molecule has 3 heterocycles. The van der Waals surface area contributed by atoms with Gasteiger partial charge in [-0.25, -0.2) is 0 Å². The van der Waals surface area contributed by atoms with Crippen LogP contribution in [0.25, 0.3) is 0 Å². The first-order chi connectivity index (χ1) is 15.6. The molecule has 6 nitrogen and oxygen atoms in total. The van der Waals surface area contributed by atoms with Crippen molar-refractivity contribution >= 4 is 34.9 Å². The predicted molar refractivity (Wildman–Crippen MR) is 138 cm³/mol. The van der Waals surface area contributed by atoms with Crippen LogP contribution in [0.4, 0.5) is 17.6 Å². The van der Waals surface area contributed by atoms with Gasteiger partial charge in [-0.1, -0.05) is 42.7 Å². The topological polar surface area (TPSA) is 56.3 Å². The second kappa shape index (κ2) is 10.9. The number of hydrogen-bond donors (Lipinski definition) is 2. The standard InChI is InChI=1S/C25H36N6S/c1-19-10-12-21(13-11-19)18-26-25(32)29-24-27-22(30-14-6-3-4-7-15-30)17-23(28-24)31-16-8-5-9-20(31)2/h10-13,17,20H,3-9,14-16,18H2,1-2H3,(H2,26,27,28,29,32)/t20-/m1/s1. The summed E-state index contributed by atoms with van der Waals surface area (Å²) in [6.07, 6.45) is 8.76. The minimum Gasteiger partial charge on any atom is -0.358 e. The maximum atomic E-state index is 5.58. The lowest BCUT2D eigenvalue weighted by Crippen LogP contribution is -2.38. The average molecular weight is 453 g/mol. The van der Waals surface area contributed by atoms with Crippen LogP contribution < -0.4 is 20.4 Å². The summed E-state index contributed by atoms with van der Waals surface area (Å²) in [5.41, 5.74) is 2.45. The third-order valence-electron chi connectivity index (χ3n) is 6.53. The molecule has 2 saturated heterocycles.